The fourth-order valence-corrected chi connectivity index (χ4v) is 3.38. The molecule has 6 nitrogen and oxygen atoms in total. The molecule has 162 valence electrons. The van der Waals surface area contributed by atoms with Crippen molar-refractivity contribution in [2.75, 3.05) is 26.3 Å². The van der Waals surface area contributed by atoms with Gasteiger partial charge >= 0.3 is 0 Å². The number of nitrogens with zero attached hydrogens (tertiary/aromatic N) is 2. The van der Waals surface area contributed by atoms with E-state index in [2.05, 4.69) is 46.8 Å². The number of nitrogens with one attached hydrogen (secondary N) is 2. The highest BCUT2D eigenvalue weighted by atomic mass is 35.5. The van der Waals surface area contributed by atoms with Crippen LogP contribution >= 0.6 is 11.6 Å². The molecule has 0 amide bonds. The maximum atomic E-state index is 6.04. The summed E-state index contributed by atoms with van der Waals surface area (Å²) in [7, 11) is 0. The molecule has 2 N–H and O–H groups in total. The molecule has 0 bridgehead atoms. The van der Waals surface area contributed by atoms with Crippen LogP contribution in [-0.4, -0.2) is 43.4 Å². The molecule has 0 aliphatic carbocycles. The van der Waals surface area contributed by atoms with Gasteiger partial charge in [-0.15, -0.1) is 0 Å². The quantitative estimate of drug-likeness (QED) is 0.360. The van der Waals surface area contributed by atoms with E-state index in [0.29, 0.717) is 24.4 Å². The summed E-state index contributed by atoms with van der Waals surface area (Å²) >= 11 is 5.84. The van der Waals surface area contributed by atoms with Crippen molar-refractivity contribution in [3.8, 4) is 0 Å². The second-order valence-corrected chi connectivity index (χ2v) is 7.69. The third-order valence-electron chi connectivity index (χ3n) is 4.90. The number of guanidine groups is 1. The van der Waals surface area contributed by atoms with Crippen LogP contribution in [0.1, 0.15) is 36.5 Å². The molecule has 1 aliphatic heterocycles. The molecule has 0 saturated carbocycles. The Labute approximate surface area is 184 Å². The van der Waals surface area contributed by atoms with Gasteiger partial charge < -0.3 is 20.1 Å². The molecular formula is C23H31ClN4O2. The highest BCUT2D eigenvalue weighted by Crippen LogP contribution is 2.14. The van der Waals surface area contributed by atoms with E-state index in [9.17, 15) is 0 Å². The third-order valence-corrected chi connectivity index (χ3v) is 5.13. The average molecular weight is 431 g/mol. The monoisotopic (exact) mass is 430 g/mol. The van der Waals surface area contributed by atoms with Crippen LogP contribution in [0, 0.1) is 0 Å². The predicted molar refractivity (Wildman–Crippen MR) is 121 cm³/mol. The van der Waals surface area contributed by atoms with Gasteiger partial charge in [0, 0.05) is 32.5 Å². The number of hydrogen-bond donors (Lipinski definition) is 2. The second-order valence-electron chi connectivity index (χ2n) is 7.30. The molecule has 1 fully saturated rings. The van der Waals surface area contributed by atoms with Crippen LogP contribution in [0.25, 0.3) is 0 Å². The maximum absolute atomic E-state index is 6.04. The summed E-state index contributed by atoms with van der Waals surface area (Å²) in [5, 5.41) is 7.19. The van der Waals surface area contributed by atoms with E-state index in [1.165, 1.54) is 11.1 Å². The van der Waals surface area contributed by atoms with E-state index in [4.69, 9.17) is 26.1 Å². The summed E-state index contributed by atoms with van der Waals surface area (Å²) in [4.78, 5) is 8.84. The van der Waals surface area contributed by atoms with Gasteiger partial charge in [-0.1, -0.05) is 41.9 Å². The fraction of sp³-hybridized carbons (Fsp3) is 0.478. The van der Waals surface area contributed by atoms with Crippen molar-refractivity contribution in [3.63, 3.8) is 0 Å². The molecule has 1 saturated heterocycles. The molecule has 0 spiro atoms. The van der Waals surface area contributed by atoms with Crippen molar-refractivity contribution in [2.24, 2.45) is 4.99 Å². The molecule has 1 aromatic heterocycles. The minimum Gasteiger partial charge on any atom is -0.381 e. The van der Waals surface area contributed by atoms with Crippen molar-refractivity contribution in [3.05, 3.63) is 64.4 Å². The molecule has 0 atom stereocenters. The summed E-state index contributed by atoms with van der Waals surface area (Å²) < 4.78 is 11.4. The van der Waals surface area contributed by atoms with Crippen molar-refractivity contribution < 1.29 is 9.47 Å². The number of ether oxygens (including phenoxy) is 2. The first kappa shape index (κ1) is 22.5. The first-order chi connectivity index (χ1) is 14.7. The van der Waals surface area contributed by atoms with Gasteiger partial charge in [-0.2, -0.15) is 0 Å². The van der Waals surface area contributed by atoms with E-state index in [1.807, 2.05) is 18.3 Å². The number of aromatic nitrogens is 1. The van der Waals surface area contributed by atoms with Crippen molar-refractivity contribution in [1.82, 2.24) is 15.6 Å². The molecular weight excluding hydrogens is 400 g/mol. The molecule has 0 unspecified atom stereocenters. The summed E-state index contributed by atoms with van der Waals surface area (Å²) in [6.45, 7) is 6.50. The minimum atomic E-state index is 0.306. The lowest BCUT2D eigenvalue weighted by Gasteiger charge is -2.22. The van der Waals surface area contributed by atoms with Crippen LogP contribution in [0.5, 0.6) is 0 Å². The van der Waals surface area contributed by atoms with Gasteiger partial charge in [0.2, 0.25) is 0 Å². The fourth-order valence-electron chi connectivity index (χ4n) is 3.27. The topological polar surface area (TPSA) is 67.8 Å². The van der Waals surface area contributed by atoms with E-state index in [0.717, 1.165) is 57.1 Å². The smallest absolute Gasteiger partial charge is 0.191 e. The molecule has 0 radical (unpaired) electrons. The van der Waals surface area contributed by atoms with Gasteiger partial charge in [0.15, 0.2) is 5.96 Å². The normalized spacial score (nSPS) is 15.2. The molecule has 2 heterocycles. The van der Waals surface area contributed by atoms with Gasteiger partial charge in [0.1, 0.15) is 5.15 Å². The van der Waals surface area contributed by atoms with Crippen LogP contribution in [0.15, 0.2) is 47.6 Å². The van der Waals surface area contributed by atoms with Gasteiger partial charge in [0.05, 0.1) is 19.3 Å². The van der Waals surface area contributed by atoms with Gasteiger partial charge in [0.25, 0.3) is 0 Å². The molecule has 1 aromatic carbocycles. The Bertz CT molecular complexity index is 792. The molecule has 1 aliphatic rings. The zero-order chi connectivity index (χ0) is 21.0. The van der Waals surface area contributed by atoms with E-state index in [-0.39, 0.29) is 0 Å². The van der Waals surface area contributed by atoms with Gasteiger partial charge in [-0.3, -0.25) is 0 Å². The Morgan fingerprint density at radius 2 is 2.00 bits per heavy atom. The largest absolute Gasteiger partial charge is 0.381 e. The summed E-state index contributed by atoms with van der Waals surface area (Å²) in [5.74, 6) is 0.809. The Morgan fingerprint density at radius 3 is 2.77 bits per heavy atom. The van der Waals surface area contributed by atoms with E-state index >= 15 is 0 Å². The lowest BCUT2D eigenvalue weighted by molar-refractivity contribution is -0.0390. The zero-order valence-corrected chi connectivity index (χ0v) is 18.3. The standard InChI is InChI=1S/C23H31ClN4O2/c1-2-25-23(26-11-8-18-6-7-22(24)27-15-18)28-16-19-4-3-5-20(14-19)17-30-21-9-12-29-13-10-21/h3-7,14-15,21H,2,8-13,16-17H2,1H3,(H2,25,26,28). The first-order valence-electron chi connectivity index (χ1n) is 10.6. The van der Waals surface area contributed by atoms with Crippen LogP contribution in [0.2, 0.25) is 5.15 Å². The van der Waals surface area contributed by atoms with Gasteiger partial charge in [-0.05, 0) is 48.9 Å². The second kappa shape index (κ2) is 12.5. The highest BCUT2D eigenvalue weighted by molar-refractivity contribution is 6.29. The Morgan fingerprint density at radius 1 is 1.17 bits per heavy atom. The lowest BCUT2D eigenvalue weighted by atomic mass is 10.1. The highest BCUT2D eigenvalue weighted by Gasteiger charge is 2.14. The predicted octanol–water partition coefficient (Wildman–Crippen LogP) is 3.73. The average Bonchev–Trinajstić information content (AvgIpc) is 2.78. The van der Waals surface area contributed by atoms with Crippen LogP contribution in [-0.2, 0) is 29.0 Å². The van der Waals surface area contributed by atoms with Crippen molar-refractivity contribution >= 4 is 17.6 Å². The SMILES string of the molecule is CCNC(=NCc1cccc(COC2CCOCC2)c1)NCCc1ccc(Cl)nc1. The third kappa shape index (κ3) is 7.94. The summed E-state index contributed by atoms with van der Waals surface area (Å²) in [6, 6.07) is 12.3. The maximum Gasteiger partial charge on any atom is 0.191 e. The number of rotatable bonds is 9. The Balaban J connectivity index is 1.48. The van der Waals surface area contributed by atoms with Crippen LogP contribution in [0.4, 0.5) is 0 Å². The number of pyridine rings is 1. The lowest BCUT2D eigenvalue weighted by Crippen LogP contribution is -2.38. The van der Waals surface area contributed by atoms with Crippen LogP contribution in [0.3, 0.4) is 0 Å². The number of aliphatic imine (C=N–C) groups is 1. The Kier molecular flexibility index (Phi) is 9.41. The zero-order valence-electron chi connectivity index (χ0n) is 17.6. The molecule has 7 heteroatoms. The minimum absolute atomic E-state index is 0.306. The van der Waals surface area contributed by atoms with E-state index in [1.54, 1.807) is 0 Å². The van der Waals surface area contributed by atoms with Crippen molar-refractivity contribution in [1.29, 1.82) is 0 Å². The summed E-state index contributed by atoms with van der Waals surface area (Å²) in [5.41, 5.74) is 3.49. The Hall–Kier alpha value is -2.15. The first-order valence-corrected chi connectivity index (χ1v) is 11.0. The number of halogens is 1. The number of hydrogen-bond acceptors (Lipinski definition) is 4. The number of benzene rings is 1. The van der Waals surface area contributed by atoms with Crippen molar-refractivity contribution in [2.45, 2.75) is 45.4 Å². The van der Waals surface area contributed by atoms with Crippen LogP contribution < -0.4 is 10.6 Å². The molecule has 3 rings (SSSR count). The van der Waals surface area contributed by atoms with Gasteiger partial charge in [-0.25, -0.2) is 9.98 Å². The van der Waals surface area contributed by atoms with E-state index < -0.39 is 0 Å². The molecule has 30 heavy (non-hydrogen) atoms. The molecule has 2 aromatic rings. The summed E-state index contributed by atoms with van der Waals surface area (Å²) in [6.07, 6.45) is 4.93.